The molecule has 2 rings (SSSR count). The second-order valence-electron chi connectivity index (χ2n) is 4.79. The van der Waals surface area contributed by atoms with Crippen LogP contribution >= 0.6 is 11.3 Å². The van der Waals surface area contributed by atoms with Gasteiger partial charge < -0.3 is 10.6 Å². The maximum absolute atomic E-state index is 11.7. The first-order valence-corrected chi connectivity index (χ1v) is 7.58. The quantitative estimate of drug-likeness (QED) is 0.879. The number of benzene rings is 1. The van der Waals surface area contributed by atoms with Crippen LogP contribution in [-0.2, 0) is 4.79 Å². The van der Waals surface area contributed by atoms with Gasteiger partial charge in [-0.05, 0) is 19.1 Å². The SMILES string of the molecule is CCNc1nc(-c2cccc(NC(=O)C(C)C)c2)cs1. The van der Waals surface area contributed by atoms with Gasteiger partial charge in [-0.15, -0.1) is 11.3 Å². The van der Waals surface area contributed by atoms with Crippen LogP contribution in [0.3, 0.4) is 0 Å². The molecule has 0 spiro atoms. The molecule has 0 fully saturated rings. The molecule has 0 atom stereocenters. The molecular weight excluding hydrogens is 270 g/mol. The summed E-state index contributed by atoms with van der Waals surface area (Å²) in [5.41, 5.74) is 2.73. The molecule has 20 heavy (non-hydrogen) atoms. The van der Waals surface area contributed by atoms with E-state index in [4.69, 9.17) is 0 Å². The molecule has 1 amide bonds. The lowest BCUT2D eigenvalue weighted by atomic mass is 10.1. The average Bonchev–Trinajstić information content (AvgIpc) is 2.88. The summed E-state index contributed by atoms with van der Waals surface area (Å²) >= 11 is 1.58. The highest BCUT2D eigenvalue weighted by Crippen LogP contribution is 2.26. The third-order valence-electron chi connectivity index (χ3n) is 2.78. The van der Waals surface area contributed by atoms with Crippen molar-refractivity contribution < 1.29 is 4.79 Å². The van der Waals surface area contributed by atoms with Crippen LogP contribution in [0.25, 0.3) is 11.3 Å². The van der Waals surface area contributed by atoms with Gasteiger partial charge in [0.05, 0.1) is 5.69 Å². The van der Waals surface area contributed by atoms with Gasteiger partial charge in [-0.2, -0.15) is 0 Å². The van der Waals surface area contributed by atoms with Crippen LogP contribution in [0.1, 0.15) is 20.8 Å². The molecule has 4 nitrogen and oxygen atoms in total. The average molecular weight is 289 g/mol. The van der Waals surface area contributed by atoms with E-state index in [-0.39, 0.29) is 11.8 Å². The van der Waals surface area contributed by atoms with Crippen molar-refractivity contribution in [3.63, 3.8) is 0 Å². The molecule has 1 aromatic carbocycles. The summed E-state index contributed by atoms with van der Waals surface area (Å²) in [4.78, 5) is 16.2. The van der Waals surface area contributed by atoms with Gasteiger partial charge in [-0.25, -0.2) is 4.98 Å². The maximum Gasteiger partial charge on any atom is 0.226 e. The molecular formula is C15H19N3OS. The number of carbonyl (C=O) groups is 1. The number of nitrogens with one attached hydrogen (secondary N) is 2. The Morgan fingerprint density at radius 2 is 2.20 bits per heavy atom. The van der Waals surface area contributed by atoms with Gasteiger partial charge in [0.15, 0.2) is 5.13 Å². The Balaban J connectivity index is 2.18. The number of amides is 1. The summed E-state index contributed by atoms with van der Waals surface area (Å²) in [5.74, 6) is -0.00736. The summed E-state index contributed by atoms with van der Waals surface area (Å²) in [7, 11) is 0. The fourth-order valence-electron chi connectivity index (χ4n) is 1.68. The van der Waals surface area contributed by atoms with E-state index >= 15 is 0 Å². The van der Waals surface area contributed by atoms with Gasteiger partial charge in [0.1, 0.15) is 0 Å². The molecule has 2 aromatic rings. The van der Waals surface area contributed by atoms with Crippen molar-refractivity contribution in [2.45, 2.75) is 20.8 Å². The first-order chi connectivity index (χ1) is 9.60. The van der Waals surface area contributed by atoms with Crippen LogP contribution in [0, 0.1) is 5.92 Å². The summed E-state index contributed by atoms with van der Waals surface area (Å²) in [6.45, 7) is 6.66. The molecule has 5 heteroatoms. The number of anilines is 2. The van der Waals surface area contributed by atoms with E-state index < -0.39 is 0 Å². The van der Waals surface area contributed by atoms with E-state index in [1.807, 2.05) is 50.4 Å². The predicted octanol–water partition coefficient (Wildman–Crippen LogP) is 3.84. The molecule has 1 heterocycles. The smallest absolute Gasteiger partial charge is 0.226 e. The van der Waals surface area contributed by atoms with E-state index in [1.165, 1.54) is 0 Å². The number of hydrogen-bond acceptors (Lipinski definition) is 4. The van der Waals surface area contributed by atoms with E-state index in [9.17, 15) is 4.79 Å². The minimum Gasteiger partial charge on any atom is -0.362 e. The van der Waals surface area contributed by atoms with Crippen LogP contribution in [0.15, 0.2) is 29.6 Å². The van der Waals surface area contributed by atoms with Gasteiger partial charge in [-0.1, -0.05) is 26.0 Å². The predicted molar refractivity (Wildman–Crippen MR) is 85.2 cm³/mol. The second-order valence-corrected chi connectivity index (χ2v) is 5.65. The van der Waals surface area contributed by atoms with Crippen molar-refractivity contribution in [3.05, 3.63) is 29.6 Å². The first-order valence-electron chi connectivity index (χ1n) is 6.71. The number of carbonyl (C=O) groups excluding carboxylic acids is 1. The monoisotopic (exact) mass is 289 g/mol. The number of rotatable bonds is 5. The van der Waals surface area contributed by atoms with Gasteiger partial charge in [-0.3, -0.25) is 4.79 Å². The zero-order valence-corrected chi connectivity index (χ0v) is 12.8. The van der Waals surface area contributed by atoms with E-state index in [0.717, 1.165) is 28.6 Å². The van der Waals surface area contributed by atoms with Crippen molar-refractivity contribution in [2.75, 3.05) is 17.2 Å². The zero-order chi connectivity index (χ0) is 14.5. The number of nitrogens with zero attached hydrogens (tertiary/aromatic N) is 1. The van der Waals surface area contributed by atoms with Crippen LogP contribution in [0.5, 0.6) is 0 Å². The normalized spacial score (nSPS) is 10.6. The summed E-state index contributed by atoms with van der Waals surface area (Å²) in [6, 6.07) is 7.76. The minimum atomic E-state index is -0.0294. The van der Waals surface area contributed by atoms with Crippen molar-refractivity contribution in [3.8, 4) is 11.3 Å². The summed E-state index contributed by atoms with van der Waals surface area (Å²) in [6.07, 6.45) is 0. The Kier molecular flexibility index (Phi) is 4.74. The van der Waals surface area contributed by atoms with E-state index in [0.29, 0.717) is 0 Å². The molecule has 0 saturated carbocycles. The summed E-state index contributed by atoms with van der Waals surface area (Å²) < 4.78 is 0. The van der Waals surface area contributed by atoms with E-state index in [1.54, 1.807) is 11.3 Å². The first kappa shape index (κ1) is 14.5. The third-order valence-corrected chi connectivity index (χ3v) is 3.58. The Morgan fingerprint density at radius 1 is 1.40 bits per heavy atom. The fourth-order valence-corrected chi connectivity index (χ4v) is 2.47. The van der Waals surface area contributed by atoms with E-state index in [2.05, 4.69) is 15.6 Å². The molecule has 2 N–H and O–H groups in total. The fraction of sp³-hybridized carbons (Fsp3) is 0.333. The highest BCUT2D eigenvalue weighted by molar-refractivity contribution is 7.14. The second kappa shape index (κ2) is 6.52. The molecule has 0 unspecified atom stereocenters. The van der Waals surface area contributed by atoms with Gasteiger partial charge in [0.25, 0.3) is 0 Å². The molecule has 106 valence electrons. The standard InChI is InChI=1S/C15H19N3OS/c1-4-16-15-18-13(9-20-15)11-6-5-7-12(8-11)17-14(19)10(2)3/h5-10H,4H2,1-3H3,(H,16,18)(H,17,19). The Hall–Kier alpha value is -1.88. The lowest BCUT2D eigenvalue weighted by Gasteiger charge is -2.08. The molecule has 1 aromatic heterocycles. The lowest BCUT2D eigenvalue weighted by Crippen LogP contribution is -2.17. The van der Waals surface area contributed by atoms with Crippen LogP contribution in [0.2, 0.25) is 0 Å². The maximum atomic E-state index is 11.7. The van der Waals surface area contributed by atoms with Crippen molar-refractivity contribution in [1.82, 2.24) is 4.98 Å². The largest absolute Gasteiger partial charge is 0.362 e. The van der Waals surface area contributed by atoms with Gasteiger partial charge >= 0.3 is 0 Å². The van der Waals surface area contributed by atoms with Crippen LogP contribution < -0.4 is 10.6 Å². The molecule has 0 aliphatic heterocycles. The van der Waals surface area contributed by atoms with Gasteiger partial charge in [0.2, 0.25) is 5.91 Å². The Labute approximate surface area is 123 Å². The number of thiazole rings is 1. The topological polar surface area (TPSA) is 54.0 Å². The van der Waals surface area contributed by atoms with Crippen LogP contribution in [-0.4, -0.2) is 17.4 Å². The van der Waals surface area contributed by atoms with Crippen molar-refractivity contribution in [1.29, 1.82) is 0 Å². The van der Waals surface area contributed by atoms with Gasteiger partial charge in [0, 0.05) is 29.1 Å². The Morgan fingerprint density at radius 3 is 2.90 bits per heavy atom. The summed E-state index contributed by atoms with van der Waals surface area (Å²) in [5, 5.41) is 9.03. The zero-order valence-electron chi connectivity index (χ0n) is 11.9. The minimum absolute atomic E-state index is 0.0220. The molecule has 0 radical (unpaired) electrons. The highest BCUT2D eigenvalue weighted by atomic mass is 32.1. The number of hydrogen-bond donors (Lipinski definition) is 2. The highest BCUT2D eigenvalue weighted by Gasteiger charge is 2.09. The lowest BCUT2D eigenvalue weighted by molar-refractivity contribution is -0.118. The molecule has 0 aliphatic rings. The number of aromatic nitrogens is 1. The van der Waals surface area contributed by atoms with Crippen molar-refractivity contribution in [2.24, 2.45) is 5.92 Å². The van der Waals surface area contributed by atoms with Crippen molar-refractivity contribution >= 4 is 28.1 Å². The third kappa shape index (κ3) is 3.57. The molecule has 0 saturated heterocycles. The Bertz CT molecular complexity index is 592. The molecule has 0 aliphatic carbocycles. The van der Waals surface area contributed by atoms with Crippen LogP contribution in [0.4, 0.5) is 10.8 Å². The molecule has 0 bridgehead atoms.